The number of hydrogen-bond acceptors (Lipinski definition) is 5. The zero-order chi connectivity index (χ0) is 25.1. The number of carbonyl (C=O) groups is 1. The molecule has 0 fully saturated rings. The van der Waals surface area contributed by atoms with E-state index >= 15 is 0 Å². The molecule has 1 aliphatic heterocycles. The van der Waals surface area contributed by atoms with Gasteiger partial charge in [0.05, 0.1) is 30.1 Å². The maximum atomic E-state index is 13.6. The van der Waals surface area contributed by atoms with E-state index in [0.29, 0.717) is 17.9 Å². The van der Waals surface area contributed by atoms with Gasteiger partial charge in [0.25, 0.3) is 0 Å². The van der Waals surface area contributed by atoms with E-state index in [2.05, 4.69) is 19.2 Å². The first-order valence-electron chi connectivity index (χ1n) is 11.5. The number of rotatable bonds is 9. The van der Waals surface area contributed by atoms with Crippen molar-refractivity contribution in [2.24, 2.45) is 0 Å². The second kappa shape index (κ2) is 10.4. The lowest BCUT2D eigenvalue weighted by Crippen LogP contribution is -2.52. The van der Waals surface area contributed by atoms with Crippen LogP contribution < -0.4 is 19.1 Å². The Bertz CT molecular complexity index is 1130. The number of nitrogens with zero attached hydrogens (tertiary/aromatic N) is 1. The lowest BCUT2D eigenvalue weighted by molar-refractivity contribution is -0.123. The molecule has 0 aromatic heterocycles. The number of carbonyl (C=O) groups excluding carboxylic acids is 1. The molecule has 3 rings (SSSR count). The second-order valence-corrected chi connectivity index (χ2v) is 10.9. The summed E-state index contributed by atoms with van der Waals surface area (Å²) >= 11 is 6.27. The van der Waals surface area contributed by atoms with E-state index in [9.17, 15) is 13.2 Å². The van der Waals surface area contributed by atoms with Crippen LogP contribution >= 0.6 is 11.6 Å². The van der Waals surface area contributed by atoms with Crippen LogP contribution in [0.1, 0.15) is 58.1 Å². The first-order valence-corrected chi connectivity index (χ1v) is 13.7. The van der Waals surface area contributed by atoms with Crippen LogP contribution in [-0.4, -0.2) is 39.3 Å². The Morgan fingerprint density at radius 1 is 1.24 bits per heavy atom. The van der Waals surface area contributed by atoms with Crippen molar-refractivity contribution in [3.05, 3.63) is 53.1 Å². The number of hydrogen-bond donors (Lipinski definition) is 1. The molecule has 34 heavy (non-hydrogen) atoms. The fourth-order valence-electron chi connectivity index (χ4n) is 4.55. The molecule has 9 heteroatoms. The Morgan fingerprint density at radius 3 is 2.47 bits per heavy atom. The van der Waals surface area contributed by atoms with Gasteiger partial charge in [0.2, 0.25) is 15.9 Å². The highest BCUT2D eigenvalue weighted by Crippen LogP contribution is 2.43. The van der Waals surface area contributed by atoms with Crippen molar-refractivity contribution < 1.29 is 22.7 Å². The van der Waals surface area contributed by atoms with Crippen molar-refractivity contribution in [1.82, 2.24) is 5.32 Å². The Kier molecular flexibility index (Phi) is 8.03. The van der Waals surface area contributed by atoms with Crippen molar-refractivity contribution in [3.63, 3.8) is 0 Å². The number of anilines is 1. The minimum Gasteiger partial charge on any atom is -0.495 e. The van der Waals surface area contributed by atoms with Gasteiger partial charge in [-0.2, -0.15) is 0 Å². The van der Waals surface area contributed by atoms with Crippen LogP contribution in [-0.2, 0) is 14.8 Å². The Labute approximate surface area is 207 Å². The van der Waals surface area contributed by atoms with Crippen molar-refractivity contribution in [2.45, 2.75) is 64.1 Å². The molecule has 0 spiro atoms. The van der Waals surface area contributed by atoms with Crippen LogP contribution in [0.4, 0.5) is 5.69 Å². The van der Waals surface area contributed by atoms with Gasteiger partial charge in [-0.15, -0.1) is 0 Å². The highest BCUT2D eigenvalue weighted by molar-refractivity contribution is 7.92. The zero-order valence-corrected chi connectivity index (χ0v) is 21.9. The van der Waals surface area contributed by atoms with E-state index in [4.69, 9.17) is 21.1 Å². The third kappa shape index (κ3) is 5.28. The topological polar surface area (TPSA) is 84.9 Å². The number of halogens is 1. The van der Waals surface area contributed by atoms with Crippen LogP contribution in [0.2, 0.25) is 5.02 Å². The molecule has 1 heterocycles. The van der Waals surface area contributed by atoms with E-state index in [1.165, 1.54) is 13.2 Å². The molecular weight excluding hydrogens is 476 g/mol. The molecule has 0 bridgehead atoms. The quantitative estimate of drug-likeness (QED) is 0.510. The maximum Gasteiger partial charge on any atom is 0.244 e. The van der Waals surface area contributed by atoms with Crippen molar-refractivity contribution in [2.75, 3.05) is 17.7 Å². The molecule has 186 valence electrons. The highest BCUT2D eigenvalue weighted by atomic mass is 35.5. The maximum absolute atomic E-state index is 13.6. The van der Waals surface area contributed by atoms with Gasteiger partial charge in [0, 0.05) is 12.0 Å². The monoisotopic (exact) mass is 508 g/mol. The Morgan fingerprint density at radius 2 is 1.91 bits per heavy atom. The van der Waals surface area contributed by atoms with Crippen LogP contribution in [0.3, 0.4) is 0 Å². The summed E-state index contributed by atoms with van der Waals surface area (Å²) in [5.41, 5.74) is 0.800. The molecule has 0 saturated carbocycles. The van der Waals surface area contributed by atoms with E-state index in [1.807, 2.05) is 24.3 Å². The van der Waals surface area contributed by atoms with Crippen LogP contribution in [0.5, 0.6) is 11.5 Å². The first kappa shape index (κ1) is 26.2. The standard InChI is InChI=1S/C25H33ClN2O5S/c1-6-21(28(34(5,30)31)17-13-14-23(32-4)19(26)15-17)24(29)27-20-16-25(7-2,8-3)33-22-12-10-9-11-18(20)22/h9-15,20-21H,6-8,16H2,1-5H3,(H,27,29)/t20-,21+/m0/s1. The summed E-state index contributed by atoms with van der Waals surface area (Å²) in [6.45, 7) is 5.93. The normalized spacial score (nSPS) is 17.8. The lowest BCUT2D eigenvalue weighted by atomic mass is 9.83. The van der Waals surface area contributed by atoms with E-state index < -0.39 is 21.7 Å². The molecule has 2 aromatic carbocycles. The SMILES string of the molecule is CC[C@H](C(=O)N[C@H]1CC(CC)(CC)Oc2ccccc21)N(c1ccc(OC)c(Cl)c1)S(C)(=O)=O. The number of amides is 1. The number of sulfonamides is 1. The molecule has 0 aliphatic carbocycles. The number of ether oxygens (including phenoxy) is 2. The molecule has 1 amide bonds. The molecule has 2 aromatic rings. The summed E-state index contributed by atoms with van der Waals surface area (Å²) in [5, 5.41) is 3.39. The lowest BCUT2D eigenvalue weighted by Gasteiger charge is -2.42. The first-order chi connectivity index (χ1) is 16.1. The summed E-state index contributed by atoms with van der Waals surface area (Å²) in [5.74, 6) is 0.797. The predicted molar refractivity (Wildman–Crippen MR) is 135 cm³/mol. The summed E-state index contributed by atoms with van der Waals surface area (Å²) in [4.78, 5) is 13.6. The van der Waals surface area contributed by atoms with Gasteiger partial charge in [-0.3, -0.25) is 9.10 Å². The summed E-state index contributed by atoms with van der Waals surface area (Å²) in [6, 6.07) is 11.1. The number of nitrogens with one attached hydrogen (secondary N) is 1. The summed E-state index contributed by atoms with van der Waals surface area (Å²) < 4.78 is 38.3. The minimum atomic E-state index is -3.80. The predicted octanol–water partition coefficient (Wildman–Crippen LogP) is 5.09. The molecule has 1 N–H and O–H groups in total. The number of methoxy groups -OCH3 is 1. The number of fused-ring (bicyclic) bond motifs is 1. The zero-order valence-electron chi connectivity index (χ0n) is 20.3. The highest BCUT2D eigenvalue weighted by Gasteiger charge is 2.40. The van der Waals surface area contributed by atoms with Crippen molar-refractivity contribution >= 4 is 33.2 Å². The molecule has 0 unspecified atom stereocenters. The summed E-state index contributed by atoms with van der Waals surface area (Å²) in [7, 11) is -2.31. The fraction of sp³-hybridized carbons (Fsp3) is 0.480. The van der Waals surface area contributed by atoms with Gasteiger partial charge >= 0.3 is 0 Å². The largest absolute Gasteiger partial charge is 0.495 e. The molecular formula is C25H33ClN2O5S. The van der Waals surface area contributed by atoms with E-state index in [-0.39, 0.29) is 23.4 Å². The average Bonchev–Trinajstić information content (AvgIpc) is 2.81. The van der Waals surface area contributed by atoms with Crippen LogP contribution in [0.15, 0.2) is 42.5 Å². The minimum absolute atomic E-state index is 0.262. The third-order valence-electron chi connectivity index (χ3n) is 6.52. The van der Waals surface area contributed by atoms with Gasteiger partial charge in [-0.05, 0) is 43.5 Å². The summed E-state index contributed by atoms with van der Waals surface area (Å²) in [6.07, 6.45) is 3.55. The van der Waals surface area contributed by atoms with Crippen molar-refractivity contribution in [3.8, 4) is 11.5 Å². The third-order valence-corrected chi connectivity index (χ3v) is 8.00. The molecule has 0 radical (unpaired) electrons. The van der Waals surface area contributed by atoms with Gasteiger partial charge in [0.15, 0.2) is 0 Å². The van der Waals surface area contributed by atoms with Crippen LogP contribution in [0.25, 0.3) is 0 Å². The van der Waals surface area contributed by atoms with Gasteiger partial charge < -0.3 is 14.8 Å². The van der Waals surface area contributed by atoms with E-state index in [0.717, 1.165) is 34.7 Å². The Hall–Kier alpha value is -2.45. The van der Waals surface area contributed by atoms with Crippen molar-refractivity contribution in [1.29, 1.82) is 0 Å². The molecule has 1 aliphatic rings. The Balaban J connectivity index is 1.97. The van der Waals surface area contributed by atoms with Gasteiger partial charge in [0.1, 0.15) is 23.1 Å². The molecule has 7 nitrogen and oxygen atoms in total. The molecule has 0 saturated heterocycles. The second-order valence-electron chi connectivity index (χ2n) is 8.60. The molecule has 2 atom stereocenters. The number of benzene rings is 2. The number of para-hydroxylation sites is 1. The van der Waals surface area contributed by atoms with E-state index in [1.54, 1.807) is 19.1 Å². The smallest absolute Gasteiger partial charge is 0.244 e. The average molecular weight is 509 g/mol. The van der Waals surface area contributed by atoms with Gasteiger partial charge in [-0.25, -0.2) is 8.42 Å². The van der Waals surface area contributed by atoms with Crippen LogP contribution in [0, 0.1) is 0 Å². The fourth-order valence-corrected chi connectivity index (χ4v) is 6.01. The van der Waals surface area contributed by atoms with Gasteiger partial charge in [-0.1, -0.05) is 50.6 Å².